The van der Waals surface area contributed by atoms with Crippen LogP contribution in [-0.4, -0.2) is 29.4 Å². The van der Waals surface area contributed by atoms with E-state index < -0.39 is 10.0 Å². The first-order chi connectivity index (χ1) is 14.8. The Bertz CT molecular complexity index is 1390. The van der Waals surface area contributed by atoms with Gasteiger partial charge in [-0.05, 0) is 55.5 Å². The largest absolute Gasteiger partial charge is 0.295 e. The van der Waals surface area contributed by atoms with Crippen LogP contribution in [-0.2, 0) is 10.0 Å². The Balaban J connectivity index is 1.55. The molecule has 0 aliphatic rings. The van der Waals surface area contributed by atoms with Crippen molar-refractivity contribution in [1.29, 1.82) is 0 Å². The summed E-state index contributed by atoms with van der Waals surface area (Å²) < 4.78 is 28.6. The molecule has 0 radical (unpaired) electrons. The van der Waals surface area contributed by atoms with E-state index in [4.69, 9.17) is 11.6 Å². The predicted molar refractivity (Wildman–Crippen MR) is 123 cm³/mol. The van der Waals surface area contributed by atoms with Gasteiger partial charge in [0, 0.05) is 28.5 Å². The molecule has 2 aromatic carbocycles. The molecule has 8 nitrogen and oxygen atoms in total. The molecule has 11 heteroatoms. The lowest BCUT2D eigenvalue weighted by molar-refractivity contribution is 0.601. The van der Waals surface area contributed by atoms with Crippen molar-refractivity contribution >= 4 is 50.0 Å². The number of nitrogens with zero attached hydrogens (tertiary/aromatic N) is 3. The number of H-pyrrole nitrogens is 1. The first-order valence-corrected chi connectivity index (χ1v) is 11.7. The highest BCUT2D eigenvalue weighted by Gasteiger charge is 2.15. The zero-order chi connectivity index (χ0) is 22.0. The minimum absolute atomic E-state index is 0.0876. The number of aromatic amines is 1. The van der Waals surface area contributed by atoms with Crippen LogP contribution in [0.1, 0.15) is 11.3 Å². The van der Waals surface area contributed by atoms with Crippen molar-refractivity contribution in [3.63, 3.8) is 0 Å². The Kier molecular flexibility index (Phi) is 5.77. The minimum atomic E-state index is -3.73. The normalized spacial score (nSPS) is 11.8. The highest BCUT2D eigenvalue weighted by atomic mass is 35.5. The Labute approximate surface area is 186 Å². The SMILES string of the molecule is Cc1[nH]n(-c2ccc(Cl)cc2)c(=O)c1C=Nc1ccc(S(=O)(=O)Nc2nccs2)cc1. The van der Waals surface area contributed by atoms with E-state index in [1.165, 1.54) is 40.6 Å². The van der Waals surface area contributed by atoms with Crippen LogP contribution in [0.2, 0.25) is 5.02 Å². The number of anilines is 1. The highest BCUT2D eigenvalue weighted by molar-refractivity contribution is 7.93. The maximum Gasteiger partial charge on any atom is 0.280 e. The van der Waals surface area contributed by atoms with Crippen molar-refractivity contribution in [2.75, 3.05) is 4.72 Å². The molecule has 0 aliphatic carbocycles. The molecular formula is C20H16ClN5O3S2. The molecule has 0 unspecified atom stereocenters. The van der Waals surface area contributed by atoms with Crippen molar-refractivity contribution in [3.05, 3.63) is 86.7 Å². The molecule has 0 saturated heterocycles. The maximum atomic E-state index is 12.7. The van der Waals surface area contributed by atoms with Crippen molar-refractivity contribution in [1.82, 2.24) is 14.8 Å². The standard InChI is InChI=1S/C20H16ClN5O3S2/c1-13-18(19(27)26(24-13)16-6-2-14(21)3-7-16)12-23-15-4-8-17(9-5-15)31(28,29)25-20-22-10-11-30-20/h2-12,24H,1H3,(H,22,25). The minimum Gasteiger partial charge on any atom is -0.295 e. The van der Waals surface area contributed by atoms with Crippen LogP contribution in [0.4, 0.5) is 10.8 Å². The number of nitrogens with one attached hydrogen (secondary N) is 2. The number of thiazole rings is 1. The van der Waals surface area contributed by atoms with Gasteiger partial charge in [-0.1, -0.05) is 11.6 Å². The second-order valence-electron chi connectivity index (χ2n) is 6.46. The number of hydrogen-bond acceptors (Lipinski definition) is 6. The third kappa shape index (κ3) is 4.61. The number of rotatable bonds is 6. The molecule has 158 valence electrons. The molecule has 0 bridgehead atoms. The molecule has 4 aromatic rings. The molecule has 0 atom stereocenters. The number of benzene rings is 2. The molecule has 0 spiro atoms. The first-order valence-electron chi connectivity index (χ1n) is 8.97. The number of aliphatic imine (C=N–C) groups is 1. The van der Waals surface area contributed by atoms with Gasteiger partial charge in [-0.3, -0.25) is 19.6 Å². The molecule has 0 amide bonds. The van der Waals surface area contributed by atoms with Crippen LogP contribution in [0.15, 0.2) is 74.8 Å². The summed E-state index contributed by atoms with van der Waals surface area (Å²) in [5.74, 6) is 0. The Morgan fingerprint density at radius 1 is 1.16 bits per heavy atom. The van der Waals surface area contributed by atoms with E-state index in [1.807, 2.05) is 0 Å². The zero-order valence-corrected chi connectivity index (χ0v) is 18.5. The van der Waals surface area contributed by atoms with Gasteiger partial charge in [0.15, 0.2) is 5.13 Å². The van der Waals surface area contributed by atoms with Crippen molar-refractivity contribution in [2.24, 2.45) is 4.99 Å². The summed E-state index contributed by atoms with van der Waals surface area (Å²) in [6.07, 6.45) is 2.97. The van der Waals surface area contributed by atoms with Gasteiger partial charge in [0.25, 0.3) is 15.6 Å². The number of hydrogen-bond donors (Lipinski definition) is 2. The maximum absolute atomic E-state index is 12.7. The van der Waals surface area contributed by atoms with Gasteiger partial charge in [-0.15, -0.1) is 11.3 Å². The number of halogens is 1. The second kappa shape index (κ2) is 8.50. The quantitative estimate of drug-likeness (QED) is 0.410. The smallest absolute Gasteiger partial charge is 0.280 e. The fourth-order valence-electron chi connectivity index (χ4n) is 2.78. The van der Waals surface area contributed by atoms with E-state index in [2.05, 4.69) is 19.8 Å². The third-order valence-corrected chi connectivity index (χ3v) is 6.77. The van der Waals surface area contributed by atoms with E-state index in [0.717, 1.165) is 0 Å². The van der Waals surface area contributed by atoms with E-state index in [0.29, 0.717) is 32.8 Å². The molecule has 2 aromatic heterocycles. The number of aromatic nitrogens is 3. The molecule has 2 N–H and O–H groups in total. The van der Waals surface area contributed by atoms with Gasteiger partial charge >= 0.3 is 0 Å². The second-order valence-corrected chi connectivity index (χ2v) is 9.48. The topological polar surface area (TPSA) is 109 Å². The summed E-state index contributed by atoms with van der Waals surface area (Å²) in [4.78, 5) is 21.1. The van der Waals surface area contributed by atoms with Crippen LogP contribution in [0.25, 0.3) is 5.69 Å². The fraction of sp³-hybridized carbons (Fsp3) is 0.0500. The molecule has 0 aliphatic heterocycles. The Morgan fingerprint density at radius 2 is 1.87 bits per heavy atom. The molecule has 31 heavy (non-hydrogen) atoms. The van der Waals surface area contributed by atoms with E-state index in [-0.39, 0.29) is 10.5 Å². The van der Waals surface area contributed by atoms with Crippen molar-refractivity contribution < 1.29 is 8.42 Å². The summed E-state index contributed by atoms with van der Waals surface area (Å²) in [5.41, 5.74) is 1.95. The first kappa shape index (κ1) is 21.0. The lowest BCUT2D eigenvalue weighted by Crippen LogP contribution is -2.17. The lowest BCUT2D eigenvalue weighted by Gasteiger charge is -2.05. The monoisotopic (exact) mass is 473 g/mol. The molecule has 0 fully saturated rings. The molecular weight excluding hydrogens is 458 g/mol. The van der Waals surface area contributed by atoms with Crippen LogP contribution in [0, 0.1) is 6.92 Å². The number of aryl methyl sites for hydroxylation is 1. The molecule has 2 heterocycles. The van der Waals surface area contributed by atoms with Crippen LogP contribution in [0.5, 0.6) is 0 Å². The highest BCUT2D eigenvalue weighted by Crippen LogP contribution is 2.21. The van der Waals surface area contributed by atoms with Crippen molar-refractivity contribution in [3.8, 4) is 5.69 Å². The van der Waals surface area contributed by atoms with E-state index in [1.54, 1.807) is 48.7 Å². The van der Waals surface area contributed by atoms with Crippen LogP contribution in [0.3, 0.4) is 0 Å². The summed E-state index contributed by atoms with van der Waals surface area (Å²) >= 11 is 7.10. The fourth-order valence-corrected chi connectivity index (χ4v) is 4.70. The van der Waals surface area contributed by atoms with Crippen LogP contribution >= 0.6 is 22.9 Å². The Hall–Kier alpha value is -3.21. The van der Waals surface area contributed by atoms with Gasteiger partial charge in [0.2, 0.25) is 0 Å². The van der Waals surface area contributed by atoms with E-state index in [9.17, 15) is 13.2 Å². The number of sulfonamides is 1. The van der Waals surface area contributed by atoms with Crippen molar-refractivity contribution in [2.45, 2.75) is 11.8 Å². The average Bonchev–Trinajstić information content (AvgIpc) is 3.35. The van der Waals surface area contributed by atoms with Gasteiger partial charge in [-0.2, -0.15) is 0 Å². The average molecular weight is 474 g/mol. The molecule has 4 rings (SSSR count). The molecule has 0 saturated carbocycles. The van der Waals surface area contributed by atoms with Crippen LogP contribution < -0.4 is 10.3 Å². The predicted octanol–water partition coefficient (Wildman–Crippen LogP) is 4.14. The summed E-state index contributed by atoms with van der Waals surface area (Å²) in [5, 5.41) is 5.56. The summed E-state index contributed by atoms with van der Waals surface area (Å²) in [6.45, 7) is 1.77. The summed E-state index contributed by atoms with van der Waals surface area (Å²) in [6, 6.07) is 12.9. The summed E-state index contributed by atoms with van der Waals surface area (Å²) in [7, 11) is -3.73. The van der Waals surface area contributed by atoms with Gasteiger partial charge < -0.3 is 0 Å². The zero-order valence-electron chi connectivity index (χ0n) is 16.1. The Morgan fingerprint density at radius 3 is 2.52 bits per heavy atom. The van der Waals surface area contributed by atoms with Gasteiger partial charge in [-0.25, -0.2) is 18.1 Å². The third-order valence-electron chi connectivity index (χ3n) is 4.35. The van der Waals surface area contributed by atoms with E-state index >= 15 is 0 Å². The lowest BCUT2D eigenvalue weighted by atomic mass is 10.2. The van der Waals surface area contributed by atoms with Gasteiger partial charge in [0.1, 0.15) is 0 Å². The van der Waals surface area contributed by atoms with Gasteiger partial charge in [0.05, 0.1) is 21.8 Å².